The van der Waals surface area contributed by atoms with Gasteiger partial charge in [-0.25, -0.2) is 10.4 Å². The Morgan fingerprint density at radius 1 is 1.40 bits per heavy atom. The Morgan fingerprint density at radius 3 is 2.90 bits per heavy atom. The van der Waals surface area contributed by atoms with Gasteiger partial charge in [0.15, 0.2) is 5.13 Å². The minimum Gasteiger partial charge on any atom is -0.375 e. The van der Waals surface area contributed by atoms with Crippen LogP contribution in [0.25, 0.3) is 6.08 Å². The first kappa shape index (κ1) is 14.0. The number of allylic oxidation sites excluding steroid dienone is 1. The van der Waals surface area contributed by atoms with Crippen molar-refractivity contribution in [3.63, 3.8) is 0 Å². The van der Waals surface area contributed by atoms with Crippen molar-refractivity contribution in [2.24, 2.45) is 5.10 Å². The van der Waals surface area contributed by atoms with Gasteiger partial charge < -0.3 is 5.73 Å². The first-order valence-electron chi connectivity index (χ1n) is 5.97. The molecule has 0 bridgehead atoms. The van der Waals surface area contributed by atoms with Crippen LogP contribution in [0.4, 0.5) is 5.13 Å². The minimum absolute atomic E-state index is 0.174. The Balaban J connectivity index is 1.76. The molecular weight excluding hydrogens is 272 g/mol. The molecule has 0 aliphatic rings. The number of amides is 1. The summed E-state index contributed by atoms with van der Waals surface area (Å²) in [6.07, 6.45) is 5.36. The van der Waals surface area contributed by atoms with Gasteiger partial charge in [-0.15, -0.1) is 11.3 Å². The number of hydrogen-bond donors (Lipinski definition) is 2. The summed E-state index contributed by atoms with van der Waals surface area (Å²) in [5, 5.41) is 6.04. The topological polar surface area (TPSA) is 80.4 Å². The predicted molar refractivity (Wildman–Crippen MR) is 82.3 cm³/mol. The maximum atomic E-state index is 11.5. The second kappa shape index (κ2) is 7.20. The fourth-order valence-corrected chi connectivity index (χ4v) is 2.04. The van der Waals surface area contributed by atoms with E-state index >= 15 is 0 Å². The van der Waals surface area contributed by atoms with Gasteiger partial charge in [-0.1, -0.05) is 36.4 Å². The Bertz CT molecular complexity index is 619. The highest BCUT2D eigenvalue weighted by atomic mass is 32.1. The lowest BCUT2D eigenvalue weighted by Crippen LogP contribution is -2.19. The van der Waals surface area contributed by atoms with Crippen molar-refractivity contribution in [3.8, 4) is 0 Å². The van der Waals surface area contributed by atoms with Crippen molar-refractivity contribution in [1.29, 1.82) is 0 Å². The number of nitrogens with two attached hydrogens (primary N) is 1. The summed E-state index contributed by atoms with van der Waals surface area (Å²) < 4.78 is 0. The van der Waals surface area contributed by atoms with Crippen molar-refractivity contribution in [1.82, 2.24) is 10.4 Å². The Hall–Kier alpha value is -2.47. The molecule has 20 heavy (non-hydrogen) atoms. The van der Waals surface area contributed by atoms with Crippen LogP contribution in [0.15, 0.2) is 46.9 Å². The van der Waals surface area contributed by atoms with E-state index in [1.807, 2.05) is 36.4 Å². The molecule has 0 radical (unpaired) electrons. The number of aromatic nitrogens is 1. The largest absolute Gasteiger partial charge is 0.375 e. The zero-order valence-electron chi connectivity index (χ0n) is 10.7. The van der Waals surface area contributed by atoms with E-state index in [1.54, 1.807) is 11.5 Å². The summed E-state index contributed by atoms with van der Waals surface area (Å²) >= 11 is 1.31. The van der Waals surface area contributed by atoms with E-state index in [1.165, 1.54) is 17.6 Å². The van der Waals surface area contributed by atoms with Crippen LogP contribution < -0.4 is 11.2 Å². The summed E-state index contributed by atoms with van der Waals surface area (Å²) in [4.78, 5) is 15.5. The number of carbonyl (C=O) groups excluding carboxylic acids is 1. The summed E-state index contributed by atoms with van der Waals surface area (Å²) in [7, 11) is 0. The number of benzene rings is 1. The Morgan fingerprint density at radius 2 is 2.20 bits per heavy atom. The molecule has 5 nitrogen and oxygen atoms in total. The summed E-state index contributed by atoms with van der Waals surface area (Å²) in [5.41, 5.74) is 9.64. The van der Waals surface area contributed by atoms with Crippen LogP contribution in [0.2, 0.25) is 0 Å². The highest BCUT2D eigenvalue weighted by molar-refractivity contribution is 7.13. The minimum atomic E-state index is -0.223. The van der Waals surface area contributed by atoms with Crippen LogP contribution >= 0.6 is 11.3 Å². The van der Waals surface area contributed by atoms with E-state index in [0.29, 0.717) is 10.8 Å². The lowest BCUT2D eigenvalue weighted by molar-refractivity contribution is -0.120. The van der Waals surface area contributed by atoms with Crippen molar-refractivity contribution in [3.05, 3.63) is 53.0 Å². The van der Waals surface area contributed by atoms with E-state index in [9.17, 15) is 4.79 Å². The predicted octanol–water partition coefficient (Wildman–Crippen LogP) is 2.08. The van der Waals surface area contributed by atoms with Gasteiger partial charge in [0.05, 0.1) is 12.1 Å². The van der Waals surface area contributed by atoms with Crippen LogP contribution in [0, 0.1) is 0 Å². The van der Waals surface area contributed by atoms with Gasteiger partial charge in [-0.2, -0.15) is 5.10 Å². The van der Waals surface area contributed by atoms with E-state index in [4.69, 9.17) is 5.73 Å². The molecule has 6 heteroatoms. The van der Waals surface area contributed by atoms with E-state index in [-0.39, 0.29) is 12.3 Å². The fourth-order valence-electron chi connectivity index (χ4n) is 1.48. The van der Waals surface area contributed by atoms with E-state index in [0.717, 1.165) is 5.56 Å². The van der Waals surface area contributed by atoms with Gasteiger partial charge in [-0.05, 0) is 11.6 Å². The number of nitrogen functional groups attached to an aromatic ring is 1. The van der Waals surface area contributed by atoms with Crippen LogP contribution in [-0.2, 0) is 11.2 Å². The lowest BCUT2D eigenvalue weighted by Gasteiger charge is -1.95. The molecular formula is C14H14N4OS. The molecule has 1 aromatic carbocycles. The van der Waals surface area contributed by atoms with E-state index in [2.05, 4.69) is 15.5 Å². The van der Waals surface area contributed by atoms with Gasteiger partial charge in [0.25, 0.3) is 0 Å². The molecule has 3 N–H and O–H groups in total. The smallest absolute Gasteiger partial charge is 0.246 e. The van der Waals surface area contributed by atoms with E-state index < -0.39 is 0 Å². The van der Waals surface area contributed by atoms with Crippen LogP contribution in [0.3, 0.4) is 0 Å². The van der Waals surface area contributed by atoms with Gasteiger partial charge in [0, 0.05) is 11.6 Å². The lowest BCUT2D eigenvalue weighted by atomic mass is 10.2. The fraction of sp³-hybridized carbons (Fsp3) is 0.0714. The molecule has 2 aromatic rings. The number of anilines is 1. The number of nitrogens with one attached hydrogen (secondary N) is 1. The molecule has 1 aromatic heterocycles. The SMILES string of the molecule is Nc1nc(CC(=O)NN=C/C=C/c2ccccc2)cs1. The molecule has 0 aliphatic heterocycles. The van der Waals surface area contributed by atoms with Gasteiger partial charge in [0.1, 0.15) is 0 Å². The number of hydrazone groups is 1. The molecule has 102 valence electrons. The molecule has 0 aliphatic carbocycles. The zero-order valence-corrected chi connectivity index (χ0v) is 11.5. The van der Waals surface area contributed by atoms with Gasteiger partial charge in [-0.3, -0.25) is 4.79 Å². The van der Waals surface area contributed by atoms with Gasteiger partial charge in [0.2, 0.25) is 5.91 Å². The first-order chi connectivity index (χ1) is 9.74. The maximum Gasteiger partial charge on any atom is 0.246 e. The Labute approximate surface area is 120 Å². The molecule has 0 fully saturated rings. The summed E-state index contributed by atoms with van der Waals surface area (Å²) in [6.45, 7) is 0. The number of nitrogens with zero attached hydrogens (tertiary/aromatic N) is 2. The van der Waals surface area contributed by atoms with Crippen molar-refractivity contribution < 1.29 is 4.79 Å². The summed E-state index contributed by atoms with van der Waals surface area (Å²) in [6, 6.07) is 9.83. The van der Waals surface area contributed by atoms with Crippen LogP contribution in [0.5, 0.6) is 0 Å². The molecule has 0 unspecified atom stereocenters. The molecule has 0 saturated heterocycles. The van der Waals surface area contributed by atoms with Gasteiger partial charge >= 0.3 is 0 Å². The third-order valence-electron chi connectivity index (χ3n) is 2.35. The van der Waals surface area contributed by atoms with Crippen molar-refractivity contribution in [2.75, 3.05) is 5.73 Å². The monoisotopic (exact) mass is 286 g/mol. The van der Waals surface area contributed by atoms with Crippen LogP contribution in [-0.4, -0.2) is 17.1 Å². The Kier molecular flexibility index (Phi) is 5.02. The molecule has 1 heterocycles. The molecule has 0 atom stereocenters. The maximum absolute atomic E-state index is 11.5. The average molecular weight is 286 g/mol. The third kappa shape index (κ3) is 4.66. The summed E-state index contributed by atoms with van der Waals surface area (Å²) in [5.74, 6) is -0.223. The second-order valence-corrected chi connectivity index (χ2v) is 4.83. The highest BCUT2D eigenvalue weighted by Gasteiger charge is 2.04. The van der Waals surface area contributed by atoms with Crippen molar-refractivity contribution >= 4 is 34.7 Å². The number of thiazole rings is 1. The molecule has 0 spiro atoms. The van der Waals surface area contributed by atoms with Crippen LogP contribution in [0.1, 0.15) is 11.3 Å². The number of carbonyl (C=O) groups is 1. The second-order valence-electron chi connectivity index (χ2n) is 3.94. The molecule has 0 saturated carbocycles. The first-order valence-corrected chi connectivity index (χ1v) is 6.85. The normalized spacial score (nSPS) is 11.2. The highest BCUT2D eigenvalue weighted by Crippen LogP contribution is 2.11. The standard InChI is InChI=1S/C14H14N4OS/c15-14-17-12(10-20-14)9-13(19)18-16-8-4-7-11-5-2-1-3-6-11/h1-8,10H,9H2,(H2,15,17)(H,18,19)/b7-4+,16-8?. The number of rotatable bonds is 5. The number of hydrogen-bond acceptors (Lipinski definition) is 5. The quantitative estimate of drug-likeness (QED) is 0.652. The molecule has 1 amide bonds. The molecule has 2 rings (SSSR count). The third-order valence-corrected chi connectivity index (χ3v) is 3.07. The van der Waals surface area contributed by atoms with Crippen molar-refractivity contribution in [2.45, 2.75) is 6.42 Å². The zero-order chi connectivity index (χ0) is 14.2. The average Bonchev–Trinajstić information content (AvgIpc) is 2.85.